The molecule has 2 heterocycles. The number of halogens is 1. The van der Waals surface area contributed by atoms with Gasteiger partial charge >= 0.3 is 11.8 Å². The summed E-state index contributed by atoms with van der Waals surface area (Å²) in [6.07, 6.45) is -0.633. The minimum absolute atomic E-state index is 0.293. The molecule has 2 aliphatic rings. The van der Waals surface area contributed by atoms with Crippen molar-refractivity contribution in [1.29, 1.82) is 0 Å². The molecule has 0 aliphatic carbocycles. The number of hydrogen-bond acceptors (Lipinski definition) is 5. The number of Topliss-reactive ketones (excluding diaryl/α,β-unsaturated/α-hetero) is 1. The molecule has 0 saturated carbocycles. The molecular weight excluding hydrogens is 380 g/mol. The summed E-state index contributed by atoms with van der Waals surface area (Å²) in [5.74, 6) is -1.74. The summed E-state index contributed by atoms with van der Waals surface area (Å²) in [5, 5.41) is 4.92. The van der Waals surface area contributed by atoms with E-state index in [1.165, 1.54) is 4.90 Å². The van der Waals surface area contributed by atoms with E-state index in [1.807, 2.05) is 36.1 Å². The Kier molecular flexibility index (Phi) is 4.68. The molecule has 0 radical (unpaired) electrons. The predicted molar refractivity (Wildman–Crippen MR) is 102 cm³/mol. The third-order valence-electron chi connectivity index (χ3n) is 4.89. The maximum atomic E-state index is 12.5. The molecule has 4 rings (SSSR count). The average molecular weight is 398 g/mol. The molecule has 1 saturated heterocycles. The summed E-state index contributed by atoms with van der Waals surface area (Å²) in [4.78, 5) is 40.9. The van der Waals surface area contributed by atoms with Crippen molar-refractivity contribution < 1.29 is 19.1 Å². The first-order valence-electron chi connectivity index (χ1n) is 8.89. The molecule has 8 heteroatoms. The minimum atomic E-state index is -0.788. The summed E-state index contributed by atoms with van der Waals surface area (Å²) in [7, 11) is 0. The fourth-order valence-electron chi connectivity index (χ4n) is 3.33. The van der Waals surface area contributed by atoms with Crippen LogP contribution in [0.3, 0.4) is 0 Å². The summed E-state index contributed by atoms with van der Waals surface area (Å²) in [6, 6.07) is 14.3. The first kappa shape index (κ1) is 18.3. The maximum Gasteiger partial charge on any atom is 0.502 e. The molecular formula is C20H18ClN4O3+. The van der Waals surface area contributed by atoms with Gasteiger partial charge in [0.15, 0.2) is 0 Å². The van der Waals surface area contributed by atoms with Crippen molar-refractivity contribution in [3.8, 4) is 0 Å². The van der Waals surface area contributed by atoms with Crippen LogP contribution < -0.4 is 4.90 Å². The third-order valence-corrected chi connectivity index (χ3v) is 5.14. The second-order valence-corrected chi connectivity index (χ2v) is 7.22. The van der Waals surface area contributed by atoms with Crippen LogP contribution in [0.4, 0.5) is 5.69 Å². The van der Waals surface area contributed by atoms with Crippen molar-refractivity contribution in [1.82, 2.24) is 4.90 Å². The van der Waals surface area contributed by atoms with Crippen LogP contribution in [0.2, 0.25) is 5.02 Å². The predicted octanol–water partition coefficient (Wildman–Crippen LogP) is 2.47. The number of amides is 2. The Labute approximate surface area is 166 Å². The molecule has 2 aromatic rings. The Morgan fingerprint density at radius 2 is 1.71 bits per heavy atom. The van der Waals surface area contributed by atoms with Gasteiger partial charge in [-0.1, -0.05) is 29.3 Å². The second kappa shape index (κ2) is 7.16. The summed E-state index contributed by atoms with van der Waals surface area (Å²) >= 11 is 5.85. The lowest BCUT2D eigenvalue weighted by Gasteiger charge is -2.27. The molecule has 1 unspecified atom stereocenters. The van der Waals surface area contributed by atoms with Gasteiger partial charge in [0.25, 0.3) is 6.29 Å². The number of azo groups is 2. The lowest BCUT2D eigenvalue weighted by Crippen LogP contribution is -2.52. The fourth-order valence-corrected chi connectivity index (χ4v) is 3.46. The zero-order valence-electron chi connectivity index (χ0n) is 15.2. The Balaban J connectivity index is 1.61. The number of nitrogens with zero attached hydrogens (tertiary/aromatic N) is 4. The lowest BCUT2D eigenvalue weighted by atomic mass is 10.1. The molecule has 0 spiro atoms. The van der Waals surface area contributed by atoms with Crippen molar-refractivity contribution in [3.05, 3.63) is 64.7 Å². The number of fused-ring (bicyclic) bond motifs is 1. The molecule has 7 nitrogen and oxygen atoms in total. The van der Waals surface area contributed by atoms with E-state index in [4.69, 9.17) is 11.6 Å². The van der Waals surface area contributed by atoms with E-state index in [0.29, 0.717) is 23.7 Å². The van der Waals surface area contributed by atoms with Crippen LogP contribution in [0.1, 0.15) is 15.9 Å². The molecule has 0 bridgehead atoms. The van der Waals surface area contributed by atoms with Crippen LogP contribution in [0.15, 0.2) is 53.6 Å². The number of ketones is 1. The van der Waals surface area contributed by atoms with E-state index in [1.54, 1.807) is 24.3 Å². The van der Waals surface area contributed by atoms with Gasteiger partial charge in [-0.15, -0.1) is 0 Å². The molecule has 1 atom stereocenters. The largest absolute Gasteiger partial charge is 0.502 e. The van der Waals surface area contributed by atoms with Gasteiger partial charge in [0, 0.05) is 34.5 Å². The van der Waals surface area contributed by atoms with Crippen molar-refractivity contribution >= 4 is 34.9 Å². The number of carbonyl (C=O) groups excluding carboxylic acids is 3. The highest BCUT2D eigenvalue weighted by Gasteiger charge is 2.49. The standard InChI is InChI=1S/C20H18ClN4O3/c1-13-2-8-16(9-3-13)23-10-11-24-18(27)19(28)25(22-20(23)24)12-17(26)14-4-6-15(21)7-5-14/h2-9,20H,10-12H2,1H3/q+1. The van der Waals surface area contributed by atoms with E-state index >= 15 is 0 Å². The molecule has 142 valence electrons. The quantitative estimate of drug-likeness (QED) is 0.451. The molecule has 2 aromatic carbocycles. The summed E-state index contributed by atoms with van der Waals surface area (Å²) in [5.41, 5.74) is 2.44. The molecule has 28 heavy (non-hydrogen) atoms. The smallest absolute Gasteiger partial charge is 0.326 e. The van der Waals surface area contributed by atoms with Crippen LogP contribution in [0, 0.1) is 6.92 Å². The number of benzene rings is 2. The van der Waals surface area contributed by atoms with E-state index in [9.17, 15) is 14.4 Å². The van der Waals surface area contributed by atoms with E-state index in [-0.39, 0.29) is 12.3 Å². The van der Waals surface area contributed by atoms with Crippen molar-refractivity contribution in [2.75, 3.05) is 24.5 Å². The van der Waals surface area contributed by atoms with E-state index in [0.717, 1.165) is 15.9 Å². The number of rotatable bonds is 4. The SMILES string of the molecule is Cc1ccc(N2CCN3C(=O)C(=O)[N+](CC(=O)c4ccc(Cl)cc4)=NC32)cc1. The van der Waals surface area contributed by atoms with E-state index < -0.39 is 18.1 Å². The molecule has 1 fully saturated rings. The Morgan fingerprint density at radius 1 is 1.07 bits per heavy atom. The van der Waals surface area contributed by atoms with Crippen LogP contribution in [-0.4, -0.2) is 53.1 Å². The molecule has 0 N–H and O–H groups in total. The molecule has 0 aromatic heterocycles. The fraction of sp³-hybridized carbons (Fsp3) is 0.250. The van der Waals surface area contributed by atoms with Crippen molar-refractivity contribution in [3.63, 3.8) is 0 Å². The van der Waals surface area contributed by atoms with Gasteiger partial charge in [0.05, 0.1) is 0 Å². The topological polar surface area (TPSA) is 73.1 Å². The first-order valence-corrected chi connectivity index (χ1v) is 9.27. The zero-order chi connectivity index (χ0) is 19.8. The van der Waals surface area contributed by atoms with Crippen LogP contribution in [0.25, 0.3) is 0 Å². The van der Waals surface area contributed by atoms with Gasteiger partial charge in [-0.3, -0.25) is 14.5 Å². The first-order chi connectivity index (χ1) is 13.4. The number of hydrogen-bond donors (Lipinski definition) is 0. The second-order valence-electron chi connectivity index (χ2n) is 6.78. The third kappa shape index (κ3) is 3.29. The zero-order valence-corrected chi connectivity index (χ0v) is 16.0. The lowest BCUT2D eigenvalue weighted by molar-refractivity contribution is -0.507. The Hall–Kier alpha value is -3.06. The van der Waals surface area contributed by atoms with Gasteiger partial charge in [-0.2, -0.15) is 0 Å². The van der Waals surface area contributed by atoms with Crippen LogP contribution in [-0.2, 0) is 9.59 Å². The normalized spacial score (nSPS) is 18.9. The summed E-state index contributed by atoms with van der Waals surface area (Å²) in [6.45, 7) is 2.68. The summed E-state index contributed by atoms with van der Waals surface area (Å²) < 4.78 is 0.979. The Bertz CT molecular complexity index is 986. The van der Waals surface area contributed by atoms with Gasteiger partial charge in [-0.25, -0.2) is 4.79 Å². The van der Waals surface area contributed by atoms with Crippen LogP contribution >= 0.6 is 11.6 Å². The van der Waals surface area contributed by atoms with E-state index in [2.05, 4.69) is 5.11 Å². The van der Waals surface area contributed by atoms with Crippen molar-refractivity contribution in [2.45, 2.75) is 13.2 Å². The average Bonchev–Trinajstić information content (AvgIpc) is 3.11. The van der Waals surface area contributed by atoms with Gasteiger partial charge in [-0.05, 0) is 48.0 Å². The highest BCUT2D eigenvalue weighted by Crippen LogP contribution is 2.27. The Morgan fingerprint density at radius 3 is 2.39 bits per heavy atom. The highest BCUT2D eigenvalue weighted by atomic mass is 35.5. The van der Waals surface area contributed by atoms with Gasteiger partial charge < -0.3 is 4.90 Å². The molecule has 2 aliphatic heterocycles. The monoisotopic (exact) mass is 397 g/mol. The van der Waals surface area contributed by atoms with Crippen molar-refractivity contribution in [2.24, 2.45) is 5.11 Å². The maximum absolute atomic E-state index is 12.5. The minimum Gasteiger partial charge on any atom is -0.326 e. The van der Waals surface area contributed by atoms with Gasteiger partial charge in [0.1, 0.15) is 0 Å². The van der Waals surface area contributed by atoms with Gasteiger partial charge in [0.2, 0.25) is 12.3 Å². The number of anilines is 1. The highest BCUT2D eigenvalue weighted by molar-refractivity contribution is 6.32. The van der Waals surface area contributed by atoms with Crippen LogP contribution in [0.5, 0.6) is 0 Å². The number of carbonyl (C=O) groups is 3. The number of aryl methyl sites for hydroxylation is 1. The molecule has 2 amide bonds.